The predicted molar refractivity (Wildman–Crippen MR) is 83.7 cm³/mol. The topological polar surface area (TPSA) is 37.6 Å². The number of rotatable bonds is 3. The van der Waals surface area contributed by atoms with E-state index in [1.165, 1.54) is 0 Å². The normalized spacial score (nSPS) is 10.8. The lowest BCUT2D eigenvalue weighted by Gasteiger charge is -2.21. The Labute approximate surface area is 123 Å². The molecule has 4 heteroatoms. The van der Waals surface area contributed by atoms with Crippen LogP contribution in [-0.4, -0.2) is 21.8 Å². The fourth-order valence-corrected chi connectivity index (χ4v) is 2.50. The fourth-order valence-electron chi connectivity index (χ4n) is 2.50. The summed E-state index contributed by atoms with van der Waals surface area (Å²) in [5.74, 6) is -0.0279. The van der Waals surface area contributed by atoms with Crippen molar-refractivity contribution < 1.29 is 4.79 Å². The molecule has 0 aliphatic heterocycles. The molecule has 0 spiro atoms. The average Bonchev–Trinajstić information content (AvgIpc) is 2.89. The van der Waals surface area contributed by atoms with Crippen molar-refractivity contribution in [3.63, 3.8) is 0 Å². The summed E-state index contributed by atoms with van der Waals surface area (Å²) >= 11 is 0. The van der Waals surface area contributed by atoms with Gasteiger partial charge in [-0.05, 0) is 38.1 Å². The number of carbonyl (C=O) groups excluding carboxylic acids is 1. The van der Waals surface area contributed by atoms with Crippen LogP contribution in [0.5, 0.6) is 0 Å². The number of para-hydroxylation sites is 1. The first kappa shape index (κ1) is 13.4. The second-order valence-electron chi connectivity index (χ2n) is 4.92. The van der Waals surface area contributed by atoms with Crippen LogP contribution in [0.1, 0.15) is 23.0 Å². The summed E-state index contributed by atoms with van der Waals surface area (Å²) in [5, 5.41) is 0. The second-order valence-corrected chi connectivity index (χ2v) is 4.92. The SMILES string of the molecule is CCN(C(=O)c1cccn2cc(C)nc12)c1ccccc1. The minimum atomic E-state index is -0.0279. The summed E-state index contributed by atoms with van der Waals surface area (Å²) in [5.41, 5.74) is 3.12. The van der Waals surface area contributed by atoms with Crippen molar-refractivity contribution in [2.45, 2.75) is 13.8 Å². The lowest BCUT2D eigenvalue weighted by atomic mass is 10.2. The molecule has 4 nitrogen and oxygen atoms in total. The van der Waals surface area contributed by atoms with Crippen LogP contribution in [0.2, 0.25) is 0 Å². The smallest absolute Gasteiger partial charge is 0.262 e. The van der Waals surface area contributed by atoms with Gasteiger partial charge in [0.05, 0.1) is 11.3 Å². The van der Waals surface area contributed by atoms with E-state index < -0.39 is 0 Å². The molecule has 0 fully saturated rings. The van der Waals surface area contributed by atoms with E-state index in [2.05, 4.69) is 4.98 Å². The Morgan fingerprint density at radius 2 is 1.95 bits per heavy atom. The number of aryl methyl sites for hydroxylation is 1. The largest absolute Gasteiger partial charge is 0.309 e. The number of nitrogens with zero attached hydrogens (tertiary/aromatic N) is 3. The summed E-state index contributed by atoms with van der Waals surface area (Å²) in [6.45, 7) is 4.52. The standard InChI is InChI=1S/C17H17N3O/c1-3-20(14-8-5-4-6-9-14)17(21)15-10-7-11-19-12-13(2)18-16(15)19/h4-12H,3H2,1-2H3. The third kappa shape index (κ3) is 2.40. The monoisotopic (exact) mass is 279 g/mol. The zero-order valence-corrected chi connectivity index (χ0v) is 12.2. The molecule has 3 aromatic rings. The van der Waals surface area contributed by atoms with Crippen LogP contribution in [0.25, 0.3) is 5.65 Å². The van der Waals surface area contributed by atoms with E-state index in [1.807, 2.05) is 73.1 Å². The van der Waals surface area contributed by atoms with Gasteiger partial charge in [-0.1, -0.05) is 18.2 Å². The number of amides is 1. The van der Waals surface area contributed by atoms with Crippen molar-refractivity contribution in [3.8, 4) is 0 Å². The third-order valence-electron chi connectivity index (χ3n) is 3.46. The summed E-state index contributed by atoms with van der Waals surface area (Å²) in [6.07, 6.45) is 3.83. The van der Waals surface area contributed by atoms with Gasteiger partial charge in [0.25, 0.3) is 5.91 Å². The van der Waals surface area contributed by atoms with Gasteiger partial charge < -0.3 is 9.30 Å². The quantitative estimate of drug-likeness (QED) is 0.737. The number of imidazole rings is 1. The van der Waals surface area contributed by atoms with Gasteiger partial charge in [-0.3, -0.25) is 4.79 Å². The Bertz CT molecular complexity index is 777. The number of benzene rings is 1. The molecule has 0 aliphatic rings. The van der Waals surface area contributed by atoms with Crippen molar-refractivity contribution in [2.75, 3.05) is 11.4 Å². The first-order valence-electron chi connectivity index (χ1n) is 7.02. The summed E-state index contributed by atoms with van der Waals surface area (Å²) in [7, 11) is 0. The molecular formula is C17H17N3O. The van der Waals surface area contributed by atoms with Gasteiger partial charge in [-0.25, -0.2) is 4.98 Å². The lowest BCUT2D eigenvalue weighted by Crippen LogP contribution is -2.31. The molecular weight excluding hydrogens is 262 g/mol. The Morgan fingerprint density at radius 1 is 1.19 bits per heavy atom. The number of hydrogen-bond donors (Lipinski definition) is 0. The van der Waals surface area contributed by atoms with E-state index in [1.54, 1.807) is 4.90 Å². The molecule has 0 aliphatic carbocycles. The number of hydrogen-bond acceptors (Lipinski definition) is 2. The molecule has 1 amide bonds. The Morgan fingerprint density at radius 3 is 2.67 bits per heavy atom. The van der Waals surface area contributed by atoms with Gasteiger partial charge in [0, 0.05) is 24.6 Å². The van der Waals surface area contributed by atoms with E-state index in [4.69, 9.17) is 0 Å². The molecule has 3 rings (SSSR count). The molecule has 0 radical (unpaired) electrons. The molecule has 0 N–H and O–H groups in total. The number of aromatic nitrogens is 2. The summed E-state index contributed by atoms with van der Waals surface area (Å²) in [6, 6.07) is 13.4. The van der Waals surface area contributed by atoms with Gasteiger partial charge in [-0.15, -0.1) is 0 Å². The zero-order chi connectivity index (χ0) is 14.8. The molecule has 0 bridgehead atoms. The van der Waals surface area contributed by atoms with E-state index >= 15 is 0 Å². The van der Waals surface area contributed by atoms with Crippen molar-refractivity contribution in [2.24, 2.45) is 0 Å². The molecule has 0 unspecified atom stereocenters. The second kappa shape index (κ2) is 5.40. The van der Waals surface area contributed by atoms with Crippen LogP contribution in [-0.2, 0) is 0 Å². The van der Waals surface area contributed by atoms with E-state index in [-0.39, 0.29) is 5.91 Å². The highest BCUT2D eigenvalue weighted by atomic mass is 16.2. The number of anilines is 1. The molecule has 0 saturated carbocycles. The molecule has 2 heterocycles. The van der Waals surface area contributed by atoms with Gasteiger partial charge in [-0.2, -0.15) is 0 Å². The molecule has 21 heavy (non-hydrogen) atoms. The number of fused-ring (bicyclic) bond motifs is 1. The van der Waals surface area contributed by atoms with Gasteiger partial charge in [0.1, 0.15) is 5.65 Å². The maximum Gasteiger partial charge on any atom is 0.262 e. The van der Waals surface area contributed by atoms with Gasteiger partial charge in [0.15, 0.2) is 0 Å². The van der Waals surface area contributed by atoms with Crippen molar-refractivity contribution in [1.29, 1.82) is 0 Å². The highest BCUT2D eigenvalue weighted by Gasteiger charge is 2.19. The van der Waals surface area contributed by atoms with E-state index in [9.17, 15) is 4.79 Å². The molecule has 0 atom stereocenters. The highest BCUT2D eigenvalue weighted by molar-refractivity contribution is 6.09. The van der Waals surface area contributed by atoms with Crippen LogP contribution in [0.4, 0.5) is 5.69 Å². The summed E-state index contributed by atoms with van der Waals surface area (Å²) in [4.78, 5) is 19.1. The van der Waals surface area contributed by atoms with Crippen molar-refractivity contribution in [3.05, 3.63) is 66.1 Å². The minimum absolute atomic E-state index is 0.0279. The van der Waals surface area contributed by atoms with Crippen molar-refractivity contribution in [1.82, 2.24) is 9.38 Å². The fraction of sp³-hybridized carbons (Fsp3) is 0.176. The molecule has 1 aromatic carbocycles. The van der Waals surface area contributed by atoms with Crippen molar-refractivity contribution >= 4 is 17.2 Å². The zero-order valence-electron chi connectivity index (χ0n) is 12.2. The van der Waals surface area contributed by atoms with Crippen LogP contribution in [0.3, 0.4) is 0 Å². The maximum absolute atomic E-state index is 12.9. The lowest BCUT2D eigenvalue weighted by molar-refractivity contribution is 0.0989. The third-order valence-corrected chi connectivity index (χ3v) is 3.46. The maximum atomic E-state index is 12.9. The molecule has 106 valence electrons. The first-order valence-corrected chi connectivity index (χ1v) is 7.02. The minimum Gasteiger partial charge on any atom is -0.309 e. The number of pyridine rings is 1. The Kier molecular flexibility index (Phi) is 3.44. The van der Waals surface area contributed by atoms with Gasteiger partial charge >= 0.3 is 0 Å². The number of carbonyl (C=O) groups is 1. The summed E-state index contributed by atoms with van der Waals surface area (Å²) < 4.78 is 1.89. The highest BCUT2D eigenvalue weighted by Crippen LogP contribution is 2.19. The van der Waals surface area contributed by atoms with Crippen LogP contribution >= 0.6 is 0 Å². The van der Waals surface area contributed by atoms with E-state index in [0.29, 0.717) is 17.8 Å². The van der Waals surface area contributed by atoms with Crippen LogP contribution in [0, 0.1) is 6.92 Å². The van der Waals surface area contributed by atoms with Gasteiger partial charge in [0.2, 0.25) is 0 Å². The molecule has 0 saturated heterocycles. The van der Waals surface area contributed by atoms with Crippen LogP contribution in [0.15, 0.2) is 54.9 Å². The Balaban J connectivity index is 2.07. The Hall–Kier alpha value is -2.62. The molecule has 2 aromatic heterocycles. The van der Waals surface area contributed by atoms with Crippen LogP contribution < -0.4 is 4.90 Å². The first-order chi connectivity index (χ1) is 10.2. The predicted octanol–water partition coefficient (Wildman–Crippen LogP) is 3.31. The van der Waals surface area contributed by atoms with E-state index in [0.717, 1.165) is 11.4 Å². The average molecular weight is 279 g/mol.